The predicted molar refractivity (Wildman–Crippen MR) is 155 cm³/mol. The van der Waals surface area contributed by atoms with E-state index in [4.69, 9.17) is 0 Å². The minimum absolute atomic E-state index is 0.0282. The largest absolute Gasteiger partial charge is 0.507 e. The standard InChI is InChI=1S/C31H33F2N5O3/c1-6-21-11-8-10-19(3)29(21)38(18-39)31-22(16-24(33)28(35-31)27-23(32)12-9-13-25(27)40)30(34-5)37-15-14-36(17-20(37)4)26(41)7-2/h7-13,16,18,20,40H,2,6,14-15,17H2,1,3-5H3. The van der Waals surface area contributed by atoms with Crippen LogP contribution < -0.4 is 4.90 Å². The van der Waals surface area contributed by atoms with Crippen LogP contribution in [-0.2, 0) is 16.0 Å². The highest BCUT2D eigenvalue weighted by molar-refractivity contribution is 6.07. The molecule has 2 heterocycles. The maximum absolute atomic E-state index is 15.9. The van der Waals surface area contributed by atoms with Gasteiger partial charge in [-0.15, -0.1) is 0 Å². The van der Waals surface area contributed by atoms with Gasteiger partial charge < -0.3 is 14.9 Å². The van der Waals surface area contributed by atoms with Crippen LogP contribution in [0.5, 0.6) is 5.75 Å². The Kier molecular flexibility index (Phi) is 8.80. The number of aromatic hydroxyl groups is 1. The molecule has 214 valence electrons. The number of aryl methyl sites for hydroxylation is 2. The summed E-state index contributed by atoms with van der Waals surface area (Å²) in [5.74, 6) is -2.05. The van der Waals surface area contributed by atoms with Crippen molar-refractivity contribution in [2.75, 3.05) is 31.6 Å². The summed E-state index contributed by atoms with van der Waals surface area (Å²) < 4.78 is 30.8. The molecule has 1 fully saturated rings. The Morgan fingerprint density at radius 3 is 2.56 bits per heavy atom. The van der Waals surface area contributed by atoms with Gasteiger partial charge in [0, 0.05) is 32.7 Å². The van der Waals surface area contributed by atoms with Crippen molar-refractivity contribution in [2.24, 2.45) is 4.99 Å². The molecule has 0 bridgehead atoms. The van der Waals surface area contributed by atoms with E-state index in [-0.39, 0.29) is 23.3 Å². The van der Waals surface area contributed by atoms with Gasteiger partial charge >= 0.3 is 0 Å². The van der Waals surface area contributed by atoms with Crippen molar-refractivity contribution in [1.29, 1.82) is 0 Å². The smallest absolute Gasteiger partial charge is 0.246 e. The molecule has 1 aromatic heterocycles. The number of carbonyl (C=O) groups excluding carboxylic acids is 2. The first kappa shape index (κ1) is 29.4. The van der Waals surface area contributed by atoms with Crippen molar-refractivity contribution in [1.82, 2.24) is 14.8 Å². The summed E-state index contributed by atoms with van der Waals surface area (Å²) in [5, 5.41) is 10.5. The number of rotatable bonds is 7. The lowest BCUT2D eigenvalue weighted by Crippen LogP contribution is -2.55. The van der Waals surface area contributed by atoms with Crippen LogP contribution in [0.15, 0.2) is 60.1 Å². The van der Waals surface area contributed by atoms with Gasteiger partial charge in [-0.05, 0) is 55.7 Å². The van der Waals surface area contributed by atoms with Gasteiger partial charge in [0.1, 0.15) is 23.1 Å². The average Bonchev–Trinajstić information content (AvgIpc) is 2.96. The Balaban J connectivity index is 1.96. The Morgan fingerprint density at radius 1 is 1.22 bits per heavy atom. The lowest BCUT2D eigenvalue weighted by atomic mass is 10.0. The molecule has 0 saturated carbocycles. The Hall–Kier alpha value is -4.60. The van der Waals surface area contributed by atoms with E-state index in [1.54, 1.807) is 11.9 Å². The van der Waals surface area contributed by atoms with Gasteiger partial charge in [0.15, 0.2) is 11.6 Å². The van der Waals surface area contributed by atoms with E-state index in [0.717, 1.165) is 17.2 Å². The van der Waals surface area contributed by atoms with Crippen molar-refractivity contribution in [3.05, 3.63) is 83.4 Å². The summed E-state index contributed by atoms with van der Waals surface area (Å²) >= 11 is 0. The third kappa shape index (κ3) is 5.54. The number of phenolic OH excluding ortho intramolecular Hbond substituents is 1. The van der Waals surface area contributed by atoms with Crippen molar-refractivity contribution in [3.63, 3.8) is 0 Å². The molecule has 0 aliphatic carbocycles. The lowest BCUT2D eigenvalue weighted by molar-refractivity contribution is -0.128. The first-order chi connectivity index (χ1) is 19.7. The highest BCUT2D eigenvalue weighted by Crippen LogP contribution is 2.38. The van der Waals surface area contributed by atoms with Crippen LogP contribution in [0, 0.1) is 18.6 Å². The number of carbonyl (C=O) groups is 2. The number of hydrogen-bond acceptors (Lipinski definition) is 5. The second kappa shape index (κ2) is 12.3. The first-order valence-corrected chi connectivity index (χ1v) is 13.3. The summed E-state index contributed by atoms with van der Waals surface area (Å²) in [6, 6.07) is 10.2. The van der Waals surface area contributed by atoms with Gasteiger partial charge in [0.2, 0.25) is 12.3 Å². The third-order valence-electron chi connectivity index (χ3n) is 7.30. The topological polar surface area (TPSA) is 89.3 Å². The van der Waals surface area contributed by atoms with Crippen molar-refractivity contribution >= 4 is 29.7 Å². The van der Waals surface area contributed by atoms with Gasteiger partial charge in [0.05, 0.1) is 16.8 Å². The fourth-order valence-corrected chi connectivity index (χ4v) is 5.31. The Labute approximate surface area is 238 Å². The van der Waals surface area contributed by atoms with Crippen LogP contribution in [0.1, 0.15) is 30.5 Å². The fourth-order valence-electron chi connectivity index (χ4n) is 5.31. The van der Waals surface area contributed by atoms with Crippen LogP contribution in [0.2, 0.25) is 0 Å². The molecule has 3 aromatic rings. The Bertz CT molecular complexity index is 1500. The molecule has 8 nitrogen and oxygen atoms in total. The van der Waals surface area contributed by atoms with Crippen LogP contribution in [0.3, 0.4) is 0 Å². The molecule has 1 saturated heterocycles. The van der Waals surface area contributed by atoms with E-state index >= 15 is 4.39 Å². The first-order valence-electron chi connectivity index (χ1n) is 13.3. The van der Waals surface area contributed by atoms with Crippen molar-refractivity contribution in [3.8, 4) is 17.0 Å². The SMILES string of the molecule is C=CC(=O)N1CCN(C(=NC)c2cc(F)c(-c3c(O)cccc3F)nc2N(C=O)c2c(C)cccc2CC)C(C)C1. The Morgan fingerprint density at radius 2 is 1.95 bits per heavy atom. The molecule has 2 aromatic carbocycles. The van der Waals surface area contributed by atoms with E-state index in [2.05, 4.69) is 16.6 Å². The highest BCUT2D eigenvalue weighted by Gasteiger charge is 2.33. The molecular weight excluding hydrogens is 528 g/mol. The number of pyridine rings is 1. The second-order valence-corrected chi connectivity index (χ2v) is 9.81. The van der Waals surface area contributed by atoms with Crippen molar-refractivity contribution in [2.45, 2.75) is 33.2 Å². The number of nitrogens with zero attached hydrogens (tertiary/aromatic N) is 5. The predicted octanol–water partition coefficient (Wildman–Crippen LogP) is 4.99. The van der Waals surface area contributed by atoms with E-state index in [0.29, 0.717) is 44.0 Å². The summed E-state index contributed by atoms with van der Waals surface area (Å²) in [5.41, 5.74) is 1.55. The zero-order valence-electron chi connectivity index (χ0n) is 23.6. The van der Waals surface area contributed by atoms with Gasteiger partial charge in [0.25, 0.3) is 0 Å². The number of halogens is 2. The van der Waals surface area contributed by atoms with Gasteiger partial charge in [-0.25, -0.2) is 13.8 Å². The van der Waals surface area contributed by atoms with E-state index in [1.807, 2.05) is 43.9 Å². The van der Waals surface area contributed by atoms with E-state index < -0.39 is 28.6 Å². The molecule has 10 heteroatoms. The van der Waals surface area contributed by atoms with Gasteiger partial charge in [-0.3, -0.25) is 19.5 Å². The number of aliphatic imine (C=N–C) groups is 1. The number of amidine groups is 1. The molecule has 1 atom stereocenters. The third-order valence-corrected chi connectivity index (χ3v) is 7.30. The average molecular weight is 562 g/mol. The summed E-state index contributed by atoms with van der Waals surface area (Å²) in [6.45, 7) is 10.4. The van der Waals surface area contributed by atoms with Gasteiger partial charge in [-0.2, -0.15) is 0 Å². The summed E-state index contributed by atoms with van der Waals surface area (Å²) in [7, 11) is 1.55. The van der Waals surface area contributed by atoms with Crippen LogP contribution in [0.25, 0.3) is 11.3 Å². The van der Waals surface area contributed by atoms with E-state index in [1.165, 1.54) is 29.2 Å². The number of para-hydroxylation sites is 1. The molecule has 0 spiro atoms. The summed E-state index contributed by atoms with van der Waals surface area (Å²) in [4.78, 5) is 38.9. The number of amides is 2. The molecule has 1 N–H and O–H groups in total. The number of aromatic nitrogens is 1. The number of benzene rings is 2. The molecule has 41 heavy (non-hydrogen) atoms. The van der Waals surface area contributed by atoms with Gasteiger partial charge in [-0.1, -0.05) is 37.8 Å². The maximum Gasteiger partial charge on any atom is 0.246 e. The highest BCUT2D eigenvalue weighted by atomic mass is 19.1. The minimum atomic E-state index is -0.898. The van der Waals surface area contributed by atoms with Crippen LogP contribution in [0.4, 0.5) is 20.3 Å². The van der Waals surface area contributed by atoms with Crippen LogP contribution in [-0.4, -0.2) is 70.8 Å². The zero-order chi connectivity index (χ0) is 29.8. The molecule has 1 aliphatic heterocycles. The van der Waals surface area contributed by atoms with Crippen molar-refractivity contribution < 1.29 is 23.5 Å². The minimum Gasteiger partial charge on any atom is -0.507 e. The maximum atomic E-state index is 15.9. The monoisotopic (exact) mass is 561 g/mol. The molecule has 1 aliphatic rings. The lowest BCUT2D eigenvalue weighted by Gasteiger charge is -2.41. The molecule has 0 radical (unpaired) electrons. The number of piperazine rings is 1. The second-order valence-electron chi connectivity index (χ2n) is 9.81. The molecule has 4 rings (SSSR count). The number of phenols is 1. The van der Waals surface area contributed by atoms with Crippen LogP contribution >= 0.6 is 0 Å². The summed E-state index contributed by atoms with van der Waals surface area (Å²) in [6.07, 6.45) is 2.46. The molecule has 1 unspecified atom stereocenters. The zero-order valence-corrected chi connectivity index (χ0v) is 23.6. The molecule has 2 amide bonds. The number of hydrogen-bond donors (Lipinski definition) is 1. The molecular formula is C31H33F2N5O3. The fraction of sp³-hybridized carbons (Fsp3) is 0.290. The number of anilines is 2. The quantitative estimate of drug-likeness (QED) is 0.190. The normalized spacial score (nSPS) is 15.6. The van der Waals surface area contributed by atoms with E-state index in [9.17, 15) is 19.1 Å².